The van der Waals surface area contributed by atoms with Crippen LogP contribution in [-0.4, -0.2) is 20.7 Å². The molecule has 0 spiro atoms. The van der Waals surface area contributed by atoms with Gasteiger partial charge in [0.05, 0.1) is 17.1 Å². The molecule has 0 saturated carbocycles. The van der Waals surface area contributed by atoms with Gasteiger partial charge in [0.25, 0.3) is 0 Å². The Bertz CT molecular complexity index is 516. The molecule has 1 aliphatic rings. The van der Waals surface area contributed by atoms with Crippen molar-refractivity contribution in [3.8, 4) is 0 Å². The number of hydrogen-bond donors (Lipinski definition) is 1. The van der Waals surface area contributed by atoms with Gasteiger partial charge in [-0.2, -0.15) is 0 Å². The Morgan fingerprint density at radius 2 is 2.19 bits per heavy atom. The van der Waals surface area contributed by atoms with Crippen LogP contribution < -0.4 is 10.0 Å². The van der Waals surface area contributed by atoms with Crippen molar-refractivity contribution in [1.82, 2.24) is 0 Å². The highest BCUT2D eigenvalue weighted by Gasteiger charge is 2.33. The van der Waals surface area contributed by atoms with Gasteiger partial charge in [0.15, 0.2) is 0 Å². The van der Waals surface area contributed by atoms with Gasteiger partial charge < -0.3 is 5.73 Å². The van der Waals surface area contributed by atoms with E-state index in [4.69, 9.17) is 5.73 Å². The Kier molecular flexibility index (Phi) is 2.53. The third-order valence-corrected chi connectivity index (χ3v) is 4.60. The van der Waals surface area contributed by atoms with E-state index in [9.17, 15) is 12.8 Å². The van der Waals surface area contributed by atoms with E-state index in [1.807, 2.05) is 6.92 Å². The van der Waals surface area contributed by atoms with Crippen molar-refractivity contribution in [2.45, 2.75) is 6.92 Å². The van der Waals surface area contributed by atoms with Gasteiger partial charge in [0, 0.05) is 6.54 Å². The largest absolute Gasteiger partial charge is 0.396 e. The van der Waals surface area contributed by atoms with Gasteiger partial charge in [-0.15, -0.1) is 0 Å². The molecule has 1 aromatic carbocycles. The fourth-order valence-electron chi connectivity index (χ4n) is 1.85. The second-order valence-electron chi connectivity index (χ2n) is 4.12. The second-order valence-corrected chi connectivity index (χ2v) is 6.06. The van der Waals surface area contributed by atoms with Gasteiger partial charge in [-0.3, -0.25) is 4.31 Å². The molecule has 0 amide bonds. The molecule has 1 aromatic rings. The van der Waals surface area contributed by atoms with Gasteiger partial charge in [0.2, 0.25) is 10.0 Å². The highest BCUT2D eigenvalue weighted by molar-refractivity contribution is 7.93. The zero-order valence-corrected chi connectivity index (χ0v) is 9.67. The lowest BCUT2D eigenvalue weighted by Crippen LogP contribution is -2.25. The third-order valence-electron chi connectivity index (χ3n) is 2.58. The minimum atomic E-state index is -3.26. The summed E-state index contributed by atoms with van der Waals surface area (Å²) in [6.07, 6.45) is 0. The lowest BCUT2D eigenvalue weighted by molar-refractivity contribution is 0.597. The molecular weight excluding hydrogens is 231 g/mol. The molecular formula is C10H13FN2O2S. The van der Waals surface area contributed by atoms with Crippen LogP contribution in [0.25, 0.3) is 0 Å². The molecule has 1 saturated heterocycles. The number of nitrogens with zero attached hydrogens (tertiary/aromatic N) is 1. The van der Waals surface area contributed by atoms with Crippen molar-refractivity contribution in [3.63, 3.8) is 0 Å². The van der Waals surface area contributed by atoms with E-state index in [2.05, 4.69) is 0 Å². The maximum Gasteiger partial charge on any atom is 0.235 e. The monoisotopic (exact) mass is 244 g/mol. The van der Waals surface area contributed by atoms with E-state index >= 15 is 0 Å². The van der Waals surface area contributed by atoms with Gasteiger partial charge in [-0.05, 0) is 24.1 Å². The van der Waals surface area contributed by atoms with E-state index in [0.717, 1.165) is 0 Å². The Hall–Kier alpha value is -1.30. The van der Waals surface area contributed by atoms with Gasteiger partial charge >= 0.3 is 0 Å². The number of nitrogens with two attached hydrogens (primary N) is 1. The van der Waals surface area contributed by atoms with E-state index in [1.165, 1.54) is 22.5 Å². The number of sulfonamides is 1. The molecule has 1 heterocycles. The summed E-state index contributed by atoms with van der Waals surface area (Å²) >= 11 is 0. The van der Waals surface area contributed by atoms with Gasteiger partial charge in [-0.1, -0.05) is 6.92 Å². The van der Waals surface area contributed by atoms with E-state index in [-0.39, 0.29) is 17.4 Å². The van der Waals surface area contributed by atoms with Crippen LogP contribution in [0.3, 0.4) is 0 Å². The average Bonchev–Trinajstić information content (AvgIpc) is 2.44. The normalized spacial score (nSPS) is 23.6. The zero-order chi connectivity index (χ0) is 11.9. The molecule has 4 nitrogen and oxygen atoms in total. The van der Waals surface area contributed by atoms with Crippen LogP contribution in [0, 0.1) is 11.7 Å². The summed E-state index contributed by atoms with van der Waals surface area (Å²) in [5, 5.41) is 0. The number of nitrogen functional groups attached to an aromatic ring is 1. The van der Waals surface area contributed by atoms with Crippen LogP contribution in [0.4, 0.5) is 15.8 Å². The fourth-order valence-corrected chi connectivity index (χ4v) is 3.77. The lowest BCUT2D eigenvalue weighted by Gasteiger charge is -2.17. The van der Waals surface area contributed by atoms with E-state index < -0.39 is 15.8 Å². The molecule has 0 aliphatic carbocycles. The summed E-state index contributed by atoms with van der Waals surface area (Å²) in [4.78, 5) is 0. The standard InChI is InChI=1S/C10H13FN2O2S/c1-7-5-13(16(14,15)6-7)8-2-3-9(11)10(12)4-8/h2-4,7H,5-6,12H2,1H3. The number of anilines is 2. The highest BCUT2D eigenvalue weighted by atomic mass is 32.2. The van der Waals surface area contributed by atoms with E-state index in [1.54, 1.807) is 0 Å². The van der Waals surface area contributed by atoms with Crippen molar-refractivity contribution < 1.29 is 12.8 Å². The predicted molar refractivity (Wildman–Crippen MR) is 61.1 cm³/mol. The van der Waals surface area contributed by atoms with Crippen LogP contribution in [0.1, 0.15) is 6.92 Å². The van der Waals surface area contributed by atoms with Crippen molar-refractivity contribution in [2.24, 2.45) is 5.92 Å². The summed E-state index contributed by atoms with van der Waals surface area (Å²) in [5.41, 5.74) is 5.81. The number of hydrogen-bond acceptors (Lipinski definition) is 3. The van der Waals surface area contributed by atoms with E-state index in [0.29, 0.717) is 12.2 Å². The zero-order valence-electron chi connectivity index (χ0n) is 8.85. The molecule has 2 N–H and O–H groups in total. The Morgan fingerprint density at radius 1 is 1.50 bits per heavy atom. The van der Waals surface area contributed by atoms with Crippen molar-refractivity contribution in [3.05, 3.63) is 24.0 Å². The van der Waals surface area contributed by atoms with Crippen molar-refractivity contribution in [2.75, 3.05) is 22.3 Å². The lowest BCUT2D eigenvalue weighted by atomic mass is 10.2. The van der Waals surface area contributed by atoms with Crippen LogP contribution in [0.15, 0.2) is 18.2 Å². The first kappa shape index (κ1) is 11.2. The molecule has 0 bridgehead atoms. The summed E-state index contributed by atoms with van der Waals surface area (Å²) in [7, 11) is -3.26. The molecule has 1 atom stereocenters. The van der Waals surface area contributed by atoms with Gasteiger partial charge in [-0.25, -0.2) is 12.8 Å². The Labute approximate surface area is 93.9 Å². The summed E-state index contributed by atoms with van der Waals surface area (Å²) < 4.78 is 37.8. The van der Waals surface area contributed by atoms with Crippen LogP contribution in [-0.2, 0) is 10.0 Å². The van der Waals surface area contributed by atoms with Crippen LogP contribution in [0.2, 0.25) is 0 Å². The predicted octanol–water partition coefficient (Wildman–Crippen LogP) is 1.19. The van der Waals surface area contributed by atoms with Crippen molar-refractivity contribution >= 4 is 21.4 Å². The number of rotatable bonds is 1. The molecule has 16 heavy (non-hydrogen) atoms. The minimum Gasteiger partial charge on any atom is -0.396 e. The van der Waals surface area contributed by atoms with Crippen LogP contribution in [0.5, 0.6) is 0 Å². The fraction of sp³-hybridized carbons (Fsp3) is 0.400. The molecule has 0 radical (unpaired) electrons. The summed E-state index contributed by atoms with van der Waals surface area (Å²) in [6.45, 7) is 2.29. The SMILES string of the molecule is CC1CN(c2ccc(F)c(N)c2)S(=O)(=O)C1. The first-order valence-electron chi connectivity index (χ1n) is 4.95. The molecule has 0 aromatic heterocycles. The third kappa shape index (κ3) is 1.84. The number of halogens is 1. The molecule has 6 heteroatoms. The smallest absolute Gasteiger partial charge is 0.235 e. The maximum absolute atomic E-state index is 13.0. The Balaban J connectivity index is 2.42. The first-order valence-corrected chi connectivity index (χ1v) is 6.56. The van der Waals surface area contributed by atoms with Gasteiger partial charge in [0.1, 0.15) is 5.82 Å². The number of benzene rings is 1. The maximum atomic E-state index is 13.0. The molecule has 1 unspecified atom stereocenters. The molecule has 88 valence electrons. The van der Waals surface area contributed by atoms with Crippen LogP contribution >= 0.6 is 0 Å². The van der Waals surface area contributed by atoms with Crippen molar-refractivity contribution in [1.29, 1.82) is 0 Å². The molecule has 2 rings (SSSR count). The molecule has 1 aliphatic heterocycles. The first-order chi connectivity index (χ1) is 7.40. The quantitative estimate of drug-likeness (QED) is 0.755. The summed E-state index contributed by atoms with van der Waals surface area (Å²) in [5.74, 6) is -0.325. The highest BCUT2D eigenvalue weighted by Crippen LogP contribution is 2.28. The summed E-state index contributed by atoms with van der Waals surface area (Å²) in [6, 6.07) is 3.97. The average molecular weight is 244 g/mol. The minimum absolute atomic E-state index is 0.0350. The second kappa shape index (κ2) is 3.62. The Morgan fingerprint density at radius 3 is 2.69 bits per heavy atom. The topological polar surface area (TPSA) is 63.4 Å². The molecule has 1 fully saturated rings.